The Morgan fingerprint density at radius 1 is 0.483 bits per heavy atom. The Kier molecular flexibility index (Phi) is 14.8. The molecule has 29 heavy (non-hydrogen) atoms. The molecule has 4 saturated carbocycles. The average molecular weight is 447 g/mol. The third-order valence-corrected chi connectivity index (χ3v) is 9.37. The van der Waals surface area contributed by atoms with E-state index < -0.39 is 0 Å². The number of hydrogen-bond donors (Lipinski definition) is 0. The van der Waals surface area contributed by atoms with Gasteiger partial charge < -0.3 is 14.9 Å². The first-order valence-corrected chi connectivity index (χ1v) is 12.7. The van der Waals surface area contributed by atoms with Crippen molar-refractivity contribution < 1.29 is 17.1 Å². The quantitative estimate of drug-likeness (QED) is 0.281. The summed E-state index contributed by atoms with van der Waals surface area (Å²) in [6.07, 6.45) is 21.2. The molecule has 1 heteroatoms. The zero-order valence-corrected chi connectivity index (χ0v) is 22.0. The van der Waals surface area contributed by atoms with E-state index in [2.05, 4.69) is 27.7 Å². The summed E-state index contributed by atoms with van der Waals surface area (Å²) in [6.45, 7) is 9.55. The van der Waals surface area contributed by atoms with Gasteiger partial charge in [0.05, 0.1) is 0 Å². The van der Waals surface area contributed by atoms with Gasteiger partial charge in [0, 0.05) is 0 Å². The monoisotopic (exact) mass is 446 g/mol. The molecule has 0 radical (unpaired) electrons. The molecule has 0 spiro atoms. The fraction of sp³-hybridized carbons (Fsp3) is 0.929. The molecule has 4 rings (SSSR count). The van der Waals surface area contributed by atoms with Crippen molar-refractivity contribution in [1.82, 2.24) is 0 Å². The van der Waals surface area contributed by atoms with E-state index in [1.54, 1.807) is 38.5 Å². The molecule has 0 aromatic carbocycles. The van der Waals surface area contributed by atoms with Crippen LogP contribution in [0.1, 0.15) is 118 Å². The predicted octanol–water partition coefficient (Wildman–Crippen LogP) is 9.40. The van der Waals surface area contributed by atoms with Gasteiger partial charge in [-0.3, -0.25) is 0 Å². The normalized spacial score (nSPS) is 32.7. The van der Waals surface area contributed by atoms with Gasteiger partial charge in [0.1, 0.15) is 0 Å². The maximum atomic E-state index is 2.39. The van der Waals surface area contributed by atoms with Gasteiger partial charge in [-0.25, -0.2) is 0 Å². The van der Waals surface area contributed by atoms with Crippen LogP contribution in [0.2, 0.25) is 0 Å². The fourth-order valence-corrected chi connectivity index (χ4v) is 7.76. The molecule has 0 amide bonds. The summed E-state index contributed by atoms with van der Waals surface area (Å²) >= 11 is 0. The van der Waals surface area contributed by atoms with Crippen LogP contribution in [0, 0.1) is 62.2 Å². The second-order valence-corrected chi connectivity index (χ2v) is 10.4. The van der Waals surface area contributed by atoms with Crippen LogP contribution >= 0.6 is 0 Å². The molecule has 0 N–H and O–H groups in total. The van der Waals surface area contributed by atoms with Crippen LogP contribution in [0.5, 0.6) is 0 Å². The second kappa shape index (κ2) is 14.6. The van der Waals surface area contributed by atoms with Crippen molar-refractivity contribution in [3.63, 3.8) is 0 Å². The topological polar surface area (TPSA) is 0 Å². The third-order valence-electron chi connectivity index (χ3n) is 9.37. The Bertz CT molecular complexity index is 335. The maximum absolute atomic E-state index is 2.39. The Balaban J connectivity index is 0.000000490. The van der Waals surface area contributed by atoms with E-state index >= 15 is 0 Å². The molecular weight excluding hydrogens is 392 g/mol. The van der Waals surface area contributed by atoms with Crippen molar-refractivity contribution in [3.8, 4) is 0 Å². The van der Waals surface area contributed by atoms with Gasteiger partial charge in [-0.1, -0.05) is 105 Å². The first kappa shape index (κ1) is 29.5. The van der Waals surface area contributed by atoms with Crippen LogP contribution in [0.3, 0.4) is 0 Å². The van der Waals surface area contributed by atoms with Crippen LogP contribution in [0.25, 0.3) is 0 Å². The van der Waals surface area contributed by atoms with Gasteiger partial charge in [0.25, 0.3) is 0 Å². The maximum Gasteiger partial charge on any atom is 2.00 e. The minimum atomic E-state index is 0. The SMILES string of the molecule is CC[C@@H]1C[C@@H](CC)C1C1CCCC1.CC[C@@H]1C[C@@H](CC)C1C1CCCC1.[CH3-].[CH3-].[Fe+2]. The fourth-order valence-electron chi connectivity index (χ4n) is 7.76. The molecule has 0 bridgehead atoms. The van der Waals surface area contributed by atoms with Crippen molar-refractivity contribution in [2.75, 3.05) is 0 Å². The third kappa shape index (κ3) is 6.75. The molecule has 0 aliphatic heterocycles. The minimum absolute atomic E-state index is 0. The van der Waals surface area contributed by atoms with Gasteiger partial charge in [0.15, 0.2) is 0 Å². The number of rotatable bonds is 6. The molecule has 4 aliphatic rings. The van der Waals surface area contributed by atoms with Gasteiger partial charge in [-0.15, -0.1) is 0 Å². The van der Waals surface area contributed by atoms with Crippen molar-refractivity contribution in [3.05, 3.63) is 14.9 Å². The average Bonchev–Trinajstić information content (AvgIpc) is 3.30. The molecule has 0 aromatic rings. The molecule has 4 aliphatic carbocycles. The van der Waals surface area contributed by atoms with Crippen molar-refractivity contribution in [1.29, 1.82) is 0 Å². The predicted molar refractivity (Wildman–Crippen MR) is 128 cm³/mol. The summed E-state index contributed by atoms with van der Waals surface area (Å²) in [5.74, 6) is 8.95. The van der Waals surface area contributed by atoms with E-state index in [0.29, 0.717) is 0 Å². The summed E-state index contributed by atoms with van der Waals surface area (Å²) in [6, 6.07) is 0. The first-order valence-electron chi connectivity index (χ1n) is 12.7. The minimum Gasteiger partial charge on any atom is -0.358 e. The largest absolute Gasteiger partial charge is 2.00 e. The zero-order valence-electron chi connectivity index (χ0n) is 20.9. The smallest absolute Gasteiger partial charge is 0.358 e. The van der Waals surface area contributed by atoms with E-state index in [4.69, 9.17) is 0 Å². The van der Waals surface area contributed by atoms with Crippen LogP contribution in [0.4, 0.5) is 0 Å². The summed E-state index contributed by atoms with van der Waals surface area (Å²) in [4.78, 5) is 0. The zero-order chi connectivity index (χ0) is 18.5. The molecule has 0 nitrogen and oxygen atoms in total. The van der Waals surface area contributed by atoms with Crippen molar-refractivity contribution >= 4 is 0 Å². The molecule has 0 unspecified atom stereocenters. The summed E-state index contributed by atoms with van der Waals surface area (Å²) in [5, 5.41) is 0. The standard InChI is InChI=1S/2C13H24.2CH3.Fe/c2*1-3-10-9-11(4-2)13(10)12-7-5-6-8-12;;;/h2*10-13H,3-9H2,1-2H3;2*1H3;/q;;2*-1;+2/t2*10-,11-;;;/m11.../s1. The first-order chi connectivity index (χ1) is 12.7. The Labute approximate surface area is 196 Å². The summed E-state index contributed by atoms with van der Waals surface area (Å²) in [5.41, 5.74) is 0. The second-order valence-electron chi connectivity index (χ2n) is 10.4. The Morgan fingerprint density at radius 3 is 0.931 bits per heavy atom. The van der Waals surface area contributed by atoms with Gasteiger partial charge in [-0.05, 0) is 60.2 Å². The van der Waals surface area contributed by atoms with E-state index in [1.165, 1.54) is 51.4 Å². The molecule has 4 fully saturated rings. The van der Waals surface area contributed by atoms with Gasteiger partial charge in [-0.2, -0.15) is 0 Å². The van der Waals surface area contributed by atoms with E-state index in [0.717, 1.165) is 47.3 Å². The molecule has 0 aromatic heterocycles. The van der Waals surface area contributed by atoms with E-state index in [-0.39, 0.29) is 31.9 Å². The molecule has 0 saturated heterocycles. The molecule has 0 heterocycles. The van der Waals surface area contributed by atoms with Crippen molar-refractivity contribution in [2.24, 2.45) is 47.3 Å². The van der Waals surface area contributed by atoms with Crippen LogP contribution in [0.15, 0.2) is 0 Å². The van der Waals surface area contributed by atoms with Crippen LogP contribution < -0.4 is 0 Å². The molecule has 174 valence electrons. The molecular formula is C28H54Fe. The Morgan fingerprint density at radius 2 is 0.724 bits per heavy atom. The van der Waals surface area contributed by atoms with Crippen LogP contribution in [-0.2, 0) is 17.1 Å². The summed E-state index contributed by atoms with van der Waals surface area (Å²) in [7, 11) is 0. The molecule has 4 atom stereocenters. The van der Waals surface area contributed by atoms with Crippen LogP contribution in [-0.4, -0.2) is 0 Å². The van der Waals surface area contributed by atoms with Gasteiger partial charge in [0.2, 0.25) is 0 Å². The number of hydrogen-bond acceptors (Lipinski definition) is 0. The summed E-state index contributed by atoms with van der Waals surface area (Å²) < 4.78 is 0. The Hall–Kier alpha value is 0.519. The van der Waals surface area contributed by atoms with E-state index in [1.807, 2.05) is 0 Å². The van der Waals surface area contributed by atoms with E-state index in [9.17, 15) is 0 Å². The van der Waals surface area contributed by atoms with Gasteiger partial charge >= 0.3 is 17.1 Å². The van der Waals surface area contributed by atoms with Crippen molar-refractivity contribution in [2.45, 2.75) is 118 Å².